The largest absolute Gasteiger partial charge is 0.458 e. The Morgan fingerprint density at radius 3 is 2.62 bits per heavy atom. The highest BCUT2D eigenvalue weighted by atomic mass is 35.5. The van der Waals surface area contributed by atoms with Gasteiger partial charge in [-0.15, -0.1) is 0 Å². The first-order chi connectivity index (χ1) is 13.9. The van der Waals surface area contributed by atoms with Crippen LogP contribution in [-0.2, 0) is 16.1 Å². The Hall–Kier alpha value is -3.38. The molecule has 29 heavy (non-hydrogen) atoms. The standard InChI is InChI=1S/C22H20ClN3O3/c1-14-6-7-17(10-15(14)2)24-12-19-8-9-20(29-19)13-25-21(27)22(28)26-18-5-3-4-16(23)11-18/h3-12H,13H2,1-2H3,(H,25,27)(H,26,28). The second-order valence-electron chi connectivity index (χ2n) is 6.48. The van der Waals surface area contributed by atoms with E-state index < -0.39 is 11.8 Å². The molecule has 0 aliphatic rings. The molecule has 3 aromatic rings. The molecule has 0 saturated carbocycles. The maximum Gasteiger partial charge on any atom is 0.313 e. The third-order valence-electron chi connectivity index (χ3n) is 4.23. The van der Waals surface area contributed by atoms with Crippen LogP contribution in [0.5, 0.6) is 0 Å². The first kappa shape index (κ1) is 20.4. The van der Waals surface area contributed by atoms with Gasteiger partial charge in [-0.3, -0.25) is 14.6 Å². The first-order valence-electron chi connectivity index (χ1n) is 8.95. The van der Waals surface area contributed by atoms with Gasteiger partial charge in [0.25, 0.3) is 0 Å². The van der Waals surface area contributed by atoms with Gasteiger partial charge in [-0.1, -0.05) is 23.7 Å². The summed E-state index contributed by atoms with van der Waals surface area (Å²) in [4.78, 5) is 28.3. The fourth-order valence-corrected chi connectivity index (χ4v) is 2.70. The van der Waals surface area contributed by atoms with Gasteiger partial charge in [0.2, 0.25) is 0 Å². The quantitative estimate of drug-likeness (QED) is 0.478. The van der Waals surface area contributed by atoms with Crippen molar-refractivity contribution in [2.24, 2.45) is 4.99 Å². The van der Waals surface area contributed by atoms with Crippen LogP contribution >= 0.6 is 11.6 Å². The number of anilines is 1. The van der Waals surface area contributed by atoms with E-state index in [4.69, 9.17) is 16.0 Å². The van der Waals surface area contributed by atoms with Gasteiger partial charge in [0.1, 0.15) is 11.5 Å². The number of halogens is 1. The lowest BCUT2D eigenvalue weighted by Gasteiger charge is -2.05. The van der Waals surface area contributed by atoms with Crippen molar-refractivity contribution in [1.29, 1.82) is 0 Å². The molecule has 2 N–H and O–H groups in total. The Kier molecular flexibility index (Phi) is 6.46. The lowest BCUT2D eigenvalue weighted by molar-refractivity contribution is -0.136. The fourth-order valence-electron chi connectivity index (χ4n) is 2.50. The molecule has 0 bridgehead atoms. The van der Waals surface area contributed by atoms with Crippen molar-refractivity contribution in [3.8, 4) is 0 Å². The zero-order chi connectivity index (χ0) is 20.8. The number of amides is 2. The van der Waals surface area contributed by atoms with E-state index in [9.17, 15) is 9.59 Å². The summed E-state index contributed by atoms with van der Waals surface area (Å²) in [5.41, 5.74) is 3.65. The normalized spacial score (nSPS) is 10.9. The Bertz CT molecular complexity index is 1070. The molecule has 1 aromatic heterocycles. The topological polar surface area (TPSA) is 83.7 Å². The Labute approximate surface area is 173 Å². The molecule has 0 fully saturated rings. The molecule has 2 amide bonds. The van der Waals surface area contributed by atoms with E-state index in [2.05, 4.69) is 15.6 Å². The van der Waals surface area contributed by atoms with Crippen LogP contribution in [0.2, 0.25) is 5.02 Å². The Morgan fingerprint density at radius 2 is 1.86 bits per heavy atom. The highest BCUT2D eigenvalue weighted by Crippen LogP contribution is 2.17. The predicted octanol–water partition coefficient (Wildman–Crippen LogP) is 4.56. The summed E-state index contributed by atoms with van der Waals surface area (Å²) in [7, 11) is 0. The van der Waals surface area contributed by atoms with Crippen LogP contribution in [0.25, 0.3) is 0 Å². The summed E-state index contributed by atoms with van der Waals surface area (Å²) in [6.07, 6.45) is 1.61. The fraction of sp³-hybridized carbons (Fsp3) is 0.136. The van der Waals surface area contributed by atoms with Crippen molar-refractivity contribution in [2.45, 2.75) is 20.4 Å². The molecule has 0 unspecified atom stereocenters. The van der Waals surface area contributed by atoms with Crippen LogP contribution in [0.3, 0.4) is 0 Å². The monoisotopic (exact) mass is 409 g/mol. The van der Waals surface area contributed by atoms with Crippen molar-refractivity contribution in [1.82, 2.24) is 5.32 Å². The molecule has 0 aliphatic heterocycles. The van der Waals surface area contributed by atoms with Crippen LogP contribution in [0, 0.1) is 13.8 Å². The number of rotatable bonds is 5. The maximum absolute atomic E-state index is 12.0. The molecule has 1 heterocycles. The van der Waals surface area contributed by atoms with Gasteiger partial charge in [0, 0.05) is 10.7 Å². The van der Waals surface area contributed by atoms with Crippen LogP contribution in [-0.4, -0.2) is 18.0 Å². The number of carbonyl (C=O) groups excluding carboxylic acids is 2. The average molecular weight is 410 g/mol. The summed E-state index contributed by atoms with van der Waals surface area (Å²) in [6, 6.07) is 16.0. The van der Waals surface area contributed by atoms with Crippen LogP contribution in [0.15, 0.2) is 64.0 Å². The number of nitrogens with zero attached hydrogens (tertiary/aromatic N) is 1. The van der Waals surface area contributed by atoms with Crippen LogP contribution < -0.4 is 10.6 Å². The molecule has 0 radical (unpaired) electrons. The lowest BCUT2D eigenvalue weighted by atomic mass is 10.1. The molecule has 0 saturated heterocycles. The molecule has 148 valence electrons. The van der Waals surface area contributed by atoms with E-state index >= 15 is 0 Å². The van der Waals surface area contributed by atoms with Crippen LogP contribution in [0.1, 0.15) is 22.6 Å². The highest BCUT2D eigenvalue weighted by Gasteiger charge is 2.14. The zero-order valence-electron chi connectivity index (χ0n) is 16.0. The predicted molar refractivity (Wildman–Crippen MR) is 114 cm³/mol. The average Bonchev–Trinajstić information content (AvgIpc) is 3.15. The van der Waals surface area contributed by atoms with Crippen molar-refractivity contribution < 1.29 is 14.0 Å². The summed E-state index contributed by atoms with van der Waals surface area (Å²) in [5, 5.41) is 5.46. The molecule has 0 aliphatic carbocycles. The van der Waals surface area contributed by atoms with E-state index in [0.29, 0.717) is 22.2 Å². The second-order valence-corrected chi connectivity index (χ2v) is 6.91. The number of hydrogen-bond acceptors (Lipinski definition) is 4. The lowest BCUT2D eigenvalue weighted by Crippen LogP contribution is -2.34. The number of benzene rings is 2. The molecule has 6 nitrogen and oxygen atoms in total. The minimum atomic E-state index is -0.782. The second kappa shape index (κ2) is 9.21. The van der Waals surface area contributed by atoms with Crippen molar-refractivity contribution in [3.05, 3.63) is 82.3 Å². The molecule has 0 atom stereocenters. The van der Waals surface area contributed by atoms with Crippen molar-refractivity contribution in [3.63, 3.8) is 0 Å². The number of furan rings is 1. The minimum Gasteiger partial charge on any atom is -0.458 e. The Balaban J connectivity index is 1.53. The van der Waals surface area contributed by atoms with Gasteiger partial charge >= 0.3 is 11.8 Å². The van der Waals surface area contributed by atoms with Crippen molar-refractivity contribution in [2.75, 3.05) is 5.32 Å². The smallest absolute Gasteiger partial charge is 0.313 e. The molecule has 7 heteroatoms. The highest BCUT2D eigenvalue weighted by molar-refractivity contribution is 6.39. The van der Waals surface area contributed by atoms with Gasteiger partial charge in [-0.05, 0) is 67.4 Å². The Morgan fingerprint density at radius 1 is 1.03 bits per heavy atom. The summed E-state index contributed by atoms with van der Waals surface area (Å²) in [6.45, 7) is 4.16. The van der Waals surface area contributed by atoms with E-state index in [1.165, 1.54) is 11.1 Å². The van der Waals surface area contributed by atoms with Gasteiger partial charge in [0.05, 0.1) is 18.4 Å². The van der Waals surface area contributed by atoms with E-state index in [1.54, 1.807) is 42.6 Å². The molecule has 0 spiro atoms. The van der Waals surface area contributed by atoms with Gasteiger partial charge in [0.15, 0.2) is 0 Å². The first-order valence-corrected chi connectivity index (χ1v) is 9.33. The number of carbonyl (C=O) groups is 2. The maximum atomic E-state index is 12.0. The zero-order valence-corrected chi connectivity index (χ0v) is 16.8. The van der Waals surface area contributed by atoms with E-state index in [-0.39, 0.29) is 6.54 Å². The summed E-state index contributed by atoms with van der Waals surface area (Å²) in [5.74, 6) is -0.492. The third-order valence-corrected chi connectivity index (χ3v) is 4.46. The van der Waals surface area contributed by atoms with E-state index in [0.717, 1.165) is 5.69 Å². The summed E-state index contributed by atoms with van der Waals surface area (Å²) < 4.78 is 5.61. The number of hydrogen-bond donors (Lipinski definition) is 2. The molecule has 3 rings (SSSR count). The minimum absolute atomic E-state index is 0.0826. The van der Waals surface area contributed by atoms with Crippen LogP contribution in [0.4, 0.5) is 11.4 Å². The number of aliphatic imine (C=N–C) groups is 1. The number of aryl methyl sites for hydroxylation is 2. The molecular formula is C22H20ClN3O3. The molecular weight excluding hydrogens is 390 g/mol. The van der Waals surface area contributed by atoms with Crippen molar-refractivity contribution >= 4 is 41.0 Å². The SMILES string of the molecule is Cc1ccc(N=Cc2ccc(CNC(=O)C(=O)Nc3cccc(Cl)c3)o2)cc1C. The molecule has 2 aromatic carbocycles. The van der Waals surface area contributed by atoms with Gasteiger partial charge < -0.3 is 15.1 Å². The van der Waals surface area contributed by atoms with Gasteiger partial charge in [-0.25, -0.2) is 0 Å². The number of nitrogens with one attached hydrogen (secondary N) is 2. The third kappa shape index (κ3) is 5.80. The van der Waals surface area contributed by atoms with Gasteiger partial charge in [-0.2, -0.15) is 0 Å². The summed E-state index contributed by atoms with van der Waals surface area (Å²) >= 11 is 5.86. The van der Waals surface area contributed by atoms with E-state index in [1.807, 2.05) is 32.0 Å².